The summed E-state index contributed by atoms with van der Waals surface area (Å²) < 4.78 is 25.8. The average molecular weight is 393 g/mol. The van der Waals surface area contributed by atoms with Gasteiger partial charge in [0.25, 0.3) is 0 Å². The van der Waals surface area contributed by atoms with Crippen molar-refractivity contribution in [2.45, 2.75) is 75.0 Å². The van der Waals surface area contributed by atoms with Gasteiger partial charge in [0.05, 0.1) is 4.90 Å². The standard InChI is InChI=1S/C21H32N2O3S/c1-4-23(18-9-10-18)14-13-22-20(24)21(11-5-6-12-21)27(25,26)19-15-16(2)7-8-17(19)3/h7-8,15,18H,4-6,9-14H2,1-3H3,(H,22,24). The molecule has 0 saturated heterocycles. The Labute approximate surface area is 163 Å². The lowest BCUT2D eigenvalue weighted by Gasteiger charge is -2.29. The van der Waals surface area contributed by atoms with Crippen molar-refractivity contribution < 1.29 is 13.2 Å². The van der Waals surface area contributed by atoms with E-state index in [0.29, 0.717) is 35.9 Å². The molecule has 5 nitrogen and oxygen atoms in total. The lowest BCUT2D eigenvalue weighted by Crippen LogP contribution is -2.52. The fraction of sp³-hybridized carbons (Fsp3) is 0.667. The van der Waals surface area contributed by atoms with Gasteiger partial charge in [-0.1, -0.05) is 31.9 Å². The third-order valence-electron chi connectivity index (χ3n) is 6.13. The van der Waals surface area contributed by atoms with E-state index in [1.807, 2.05) is 26.0 Å². The monoisotopic (exact) mass is 392 g/mol. The zero-order chi connectivity index (χ0) is 19.7. The number of sulfone groups is 1. The van der Waals surface area contributed by atoms with Crippen molar-refractivity contribution in [1.82, 2.24) is 10.2 Å². The van der Waals surface area contributed by atoms with Gasteiger partial charge < -0.3 is 5.32 Å². The summed E-state index contributed by atoms with van der Waals surface area (Å²) in [5.41, 5.74) is 1.61. The molecule has 1 aromatic carbocycles. The number of hydrogen-bond acceptors (Lipinski definition) is 4. The normalized spacial score (nSPS) is 19.4. The van der Waals surface area contributed by atoms with Gasteiger partial charge >= 0.3 is 0 Å². The summed E-state index contributed by atoms with van der Waals surface area (Å²) in [6, 6.07) is 6.10. The van der Waals surface area contributed by atoms with E-state index >= 15 is 0 Å². The minimum Gasteiger partial charge on any atom is -0.353 e. The van der Waals surface area contributed by atoms with Crippen LogP contribution in [0.3, 0.4) is 0 Å². The Kier molecular flexibility index (Phi) is 5.96. The maximum Gasteiger partial charge on any atom is 0.241 e. The minimum atomic E-state index is -3.74. The van der Waals surface area contributed by atoms with Crippen molar-refractivity contribution in [3.8, 4) is 0 Å². The minimum absolute atomic E-state index is 0.312. The number of hydrogen-bond donors (Lipinski definition) is 1. The molecule has 1 aromatic rings. The molecule has 0 spiro atoms. The molecule has 0 atom stereocenters. The number of amides is 1. The molecule has 2 fully saturated rings. The largest absolute Gasteiger partial charge is 0.353 e. The van der Waals surface area contributed by atoms with Gasteiger partial charge in [-0.2, -0.15) is 0 Å². The first kappa shape index (κ1) is 20.3. The maximum absolute atomic E-state index is 13.6. The Bertz CT molecular complexity index is 794. The van der Waals surface area contributed by atoms with E-state index in [4.69, 9.17) is 0 Å². The number of benzene rings is 1. The maximum atomic E-state index is 13.6. The van der Waals surface area contributed by atoms with Crippen LogP contribution in [0.25, 0.3) is 0 Å². The smallest absolute Gasteiger partial charge is 0.241 e. The summed E-state index contributed by atoms with van der Waals surface area (Å²) in [7, 11) is -3.74. The van der Waals surface area contributed by atoms with Gasteiger partial charge in [0.15, 0.2) is 14.6 Å². The molecule has 150 valence electrons. The summed E-state index contributed by atoms with van der Waals surface area (Å²) in [5, 5.41) is 2.96. The molecule has 0 aromatic heterocycles. The van der Waals surface area contributed by atoms with Crippen molar-refractivity contribution in [1.29, 1.82) is 0 Å². The molecule has 1 N–H and O–H groups in total. The highest BCUT2D eigenvalue weighted by Crippen LogP contribution is 2.41. The van der Waals surface area contributed by atoms with Crippen molar-refractivity contribution in [2.24, 2.45) is 0 Å². The van der Waals surface area contributed by atoms with Gasteiger partial charge in [-0.15, -0.1) is 0 Å². The second-order valence-corrected chi connectivity index (χ2v) is 10.3. The van der Waals surface area contributed by atoms with Crippen LogP contribution < -0.4 is 5.32 Å². The van der Waals surface area contributed by atoms with Gasteiger partial charge in [-0.3, -0.25) is 9.69 Å². The van der Waals surface area contributed by atoms with E-state index in [2.05, 4.69) is 17.1 Å². The fourth-order valence-electron chi connectivity index (χ4n) is 4.28. The van der Waals surface area contributed by atoms with Crippen molar-refractivity contribution in [3.05, 3.63) is 29.3 Å². The predicted molar refractivity (Wildman–Crippen MR) is 108 cm³/mol. The number of rotatable bonds is 8. The summed E-state index contributed by atoms with van der Waals surface area (Å²) in [4.78, 5) is 15.8. The van der Waals surface area contributed by atoms with E-state index in [0.717, 1.165) is 31.5 Å². The van der Waals surface area contributed by atoms with Gasteiger partial charge in [-0.25, -0.2) is 8.42 Å². The molecule has 6 heteroatoms. The number of nitrogens with one attached hydrogen (secondary N) is 1. The molecular formula is C21H32N2O3S. The van der Waals surface area contributed by atoms with Crippen LogP contribution in [0, 0.1) is 13.8 Å². The molecular weight excluding hydrogens is 360 g/mol. The molecule has 1 amide bonds. The Balaban J connectivity index is 1.80. The first-order valence-electron chi connectivity index (χ1n) is 10.2. The first-order valence-corrected chi connectivity index (χ1v) is 11.6. The first-order chi connectivity index (χ1) is 12.8. The van der Waals surface area contributed by atoms with Crippen LogP contribution in [-0.2, 0) is 14.6 Å². The van der Waals surface area contributed by atoms with Gasteiger partial charge in [0, 0.05) is 19.1 Å². The van der Waals surface area contributed by atoms with Crippen LogP contribution in [-0.4, -0.2) is 49.6 Å². The van der Waals surface area contributed by atoms with Crippen LogP contribution in [0.4, 0.5) is 0 Å². The molecule has 2 aliphatic rings. The number of nitrogens with zero attached hydrogens (tertiary/aromatic N) is 1. The predicted octanol–water partition coefficient (Wildman–Crippen LogP) is 2.99. The fourth-order valence-corrected chi connectivity index (χ4v) is 6.68. The van der Waals surface area contributed by atoms with Crippen molar-refractivity contribution in [2.75, 3.05) is 19.6 Å². The van der Waals surface area contributed by atoms with Crippen molar-refractivity contribution >= 4 is 15.7 Å². The van der Waals surface area contributed by atoms with E-state index in [1.54, 1.807) is 6.07 Å². The molecule has 0 aliphatic heterocycles. The summed E-state index contributed by atoms with van der Waals surface area (Å²) >= 11 is 0. The van der Waals surface area contributed by atoms with Crippen LogP contribution >= 0.6 is 0 Å². The van der Waals surface area contributed by atoms with Crippen LogP contribution in [0.1, 0.15) is 56.6 Å². The number of carbonyl (C=O) groups excluding carboxylic acids is 1. The Hall–Kier alpha value is -1.40. The average Bonchev–Trinajstić information content (AvgIpc) is 3.34. The highest BCUT2D eigenvalue weighted by molar-refractivity contribution is 7.93. The Morgan fingerprint density at radius 1 is 1.22 bits per heavy atom. The van der Waals surface area contributed by atoms with Crippen LogP contribution in [0.2, 0.25) is 0 Å². The zero-order valence-electron chi connectivity index (χ0n) is 16.8. The van der Waals surface area contributed by atoms with Gasteiger partial charge in [0.1, 0.15) is 0 Å². The molecule has 0 unspecified atom stereocenters. The molecule has 0 bridgehead atoms. The van der Waals surface area contributed by atoms with Gasteiger partial charge in [-0.05, 0) is 63.3 Å². The molecule has 3 rings (SSSR count). The van der Waals surface area contributed by atoms with Crippen LogP contribution in [0.5, 0.6) is 0 Å². The second-order valence-electron chi connectivity index (χ2n) is 8.09. The molecule has 0 heterocycles. The van der Waals surface area contributed by atoms with E-state index in [1.165, 1.54) is 12.8 Å². The van der Waals surface area contributed by atoms with E-state index in [9.17, 15) is 13.2 Å². The summed E-state index contributed by atoms with van der Waals surface area (Å²) in [5.74, 6) is -0.312. The lowest BCUT2D eigenvalue weighted by molar-refractivity contribution is -0.123. The number of aryl methyl sites for hydroxylation is 2. The van der Waals surface area contributed by atoms with E-state index in [-0.39, 0.29) is 5.91 Å². The number of carbonyl (C=O) groups is 1. The Morgan fingerprint density at radius 2 is 1.89 bits per heavy atom. The SMILES string of the molecule is CCN(CCNC(=O)C1(S(=O)(=O)c2cc(C)ccc2C)CCCC1)C1CC1. The second kappa shape index (κ2) is 7.92. The highest BCUT2D eigenvalue weighted by Gasteiger charge is 2.53. The molecule has 0 radical (unpaired) electrons. The molecule has 27 heavy (non-hydrogen) atoms. The quantitative estimate of drug-likeness (QED) is 0.739. The summed E-state index contributed by atoms with van der Waals surface area (Å²) in [6.07, 6.45) is 4.84. The van der Waals surface area contributed by atoms with Crippen LogP contribution in [0.15, 0.2) is 23.1 Å². The topological polar surface area (TPSA) is 66.5 Å². The zero-order valence-corrected chi connectivity index (χ0v) is 17.6. The lowest BCUT2D eigenvalue weighted by atomic mass is 10.1. The Morgan fingerprint density at radius 3 is 2.48 bits per heavy atom. The summed E-state index contributed by atoms with van der Waals surface area (Å²) in [6.45, 7) is 8.08. The van der Waals surface area contributed by atoms with Gasteiger partial charge in [0.2, 0.25) is 5.91 Å². The number of likely N-dealkylation sites (N-methyl/N-ethyl adjacent to an activating group) is 1. The van der Waals surface area contributed by atoms with Crippen molar-refractivity contribution in [3.63, 3.8) is 0 Å². The third kappa shape index (κ3) is 3.92. The molecule has 2 saturated carbocycles. The highest BCUT2D eigenvalue weighted by atomic mass is 32.2. The van der Waals surface area contributed by atoms with E-state index < -0.39 is 14.6 Å². The molecule has 2 aliphatic carbocycles. The third-order valence-corrected chi connectivity index (χ3v) is 8.77.